The van der Waals surface area contributed by atoms with Crippen LogP contribution < -0.4 is 9.47 Å². The molecule has 3 aromatic rings. The Kier molecular flexibility index (Phi) is 3.59. The first kappa shape index (κ1) is 14.4. The fourth-order valence-electron chi connectivity index (χ4n) is 2.38. The number of H-pyrrole nitrogens is 1. The normalized spacial score (nSPS) is 12.6. The second-order valence-electron chi connectivity index (χ2n) is 5.10. The number of aromatic nitrogens is 3. The molecule has 0 atom stereocenters. The smallest absolute Gasteiger partial charge is 0.231 e. The van der Waals surface area contributed by atoms with Gasteiger partial charge in [0.1, 0.15) is 5.82 Å². The molecule has 2 heterocycles. The molecule has 0 fully saturated rings. The van der Waals surface area contributed by atoms with Crippen LogP contribution in [0.15, 0.2) is 36.4 Å². The maximum atomic E-state index is 6.03. The molecule has 0 saturated heterocycles. The van der Waals surface area contributed by atoms with E-state index in [1.54, 1.807) is 6.07 Å². The van der Waals surface area contributed by atoms with Gasteiger partial charge >= 0.3 is 0 Å². The highest BCUT2D eigenvalue weighted by atomic mass is 35.5. The molecule has 0 aliphatic carbocycles. The van der Waals surface area contributed by atoms with Gasteiger partial charge in [0.25, 0.3) is 0 Å². The van der Waals surface area contributed by atoms with Gasteiger partial charge < -0.3 is 9.47 Å². The van der Waals surface area contributed by atoms with E-state index < -0.39 is 0 Å². The highest BCUT2D eigenvalue weighted by molar-refractivity contribution is 6.42. The number of aromatic amines is 1. The van der Waals surface area contributed by atoms with E-state index in [-0.39, 0.29) is 6.79 Å². The number of halogens is 2. The first-order valence-corrected chi connectivity index (χ1v) is 7.70. The minimum Gasteiger partial charge on any atom is -0.454 e. The first-order chi connectivity index (χ1) is 11.2. The van der Waals surface area contributed by atoms with Crippen LogP contribution in [0.2, 0.25) is 10.0 Å². The summed E-state index contributed by atoms with van der Waals surface area (Å²) in [5.41, 5.74) is 1.87. The summed E-state index contributed by atoms with van der Waals surface area (Å²) < 4.78 is 10.7. The standard InChI is InChI=1S/C16H11Cl2N3O2/c17-11-3-1-9(5-12(11)18)6-15-19-16(21-20-15)10-2-4-13-14(7-10)23-8-22-13/h1-5,7H,6,8H2,(H,19,20,21). The second-order valence-corrected chi connectivity index (χ2v) is 5.91. The van der Waals surface area contributed by atoms with E-state index in [4.69, 9.17) is 32.7 Å². The molecule has 1 N–H and O–H groups in total. The van der Waals surface area contributed by atoms with Crippen molar-refractivity contribution >= 4 is 23.2 Å². The summed E-state index contributed by atoms with van der Waals surface area (Å²) in [7, 11) is 0. The van der Waals surface area contributed by atoms with Crippen LogP contribution in [-0.4, -0.2) is 22.0 Å². The molecule has 0 radical (unpaired) electrons. The Hall–Kier alpha value is -2.24. The zero-order chi connectivity index (χ0) is 15.8. The predicted molar refractivity (Wildman–Crippen MR) is 87.2 cm³/mol. The van der Waals surface area contributed by atoms with Gasteiger partial charge in [0.05, 0.1) is 10.0 Å². The van der Waals surface area contributed by atoms with Gasteiger partial charge in [-0.3, -0.25) is 5.10 Å². The molecular formula is C16H11Cl2N3O2. The lowest BCUT2D eigenvalue weighted by Crippen LogP contribution is -1.92. The molecule has 116 valence electrons. The molecule has 1 aliphatic rings. The average molecular weight is 348 g/mol. The second kappa shape index (κ2) is 5.76. The van der Waals surface area contributed by atoms with Crippen LogP contribution in [-0.2, 0) is 6.42 Å². The summed E-state index contributed by atoms with van der Waals surface area (Å²) in [6.07, 6.45) is 0.592. The molecular weight excluding hydrogens is 337 g/mol. The Labute approximate surface area is 142 Å². The Bertz CT molecular complexity index is 880. The largest absolute Gasteiger partial charge is 0.454 e. The topological polar surface area (TPSA) is 60.0 Å². The van der Waals surface area contributed by atoms with Crippen molar-refractivity contribution in [2.75, 3.05) is 6.79 Å². The molecule has 1 aromatic heterocycles. The van der Waals surface area contributed by atoms with Crippen LogP contribution in [0.5, 0.6) is 11.5 Å². The van der Waals surface area contributed by atoms with Gasteiger partial charge in [-0.2, -0.15) is 5.10 Å². The summed E-state index contributed by atoms with van der Waals surface area (Å²) in [6, 6.07) is 11.1. The molecule has 0 bridgehead atoms. The van der Waals surface area contributed by atoms with Gasteiger partial charge in [-0.15, -0.1) is 0 Å². The van der Waals surface area contributed by atoms with E-state index in [2.05, 4.69) is 15.2 Å². The Morgan fingerprint density at radius 3 is 2.74 bits per heavy atom. The van der Waals surface area contributed by atoms with Crippen molar-refractivity contribution in [3.8, 4) is 22.9 Å². The Balaban J connectivity index is 1.58. The molecule has 0 spiro atoms. The van der Waals surface area contributed by atoms with Crippen molar-refractivity contribution < 1.29 is 9.47 Å². The Morgan fingerprint density at radius 1 is 1.00 bits per heavy atom. The summed E-state index contributed by atoms with van der Waals surface area (Å²) in [5, 5.41) is 8.27. The number of hydrogen-bond acceptors (Lipinski definition) is 4. The van der Waals surface area contributed by atoms with Crippen molar-refractivity contribution in [3.63, 3.8) is 0 Å². The minimum absolute atomic E-state index is 0.245. The number of ether oxygens (including phenoxy) is 2. The fraction of sp³-hybridized carbons (Fsp3) is 0.125. The van der Waals surface area contributed by atoms with E-state index in [1.165, 1.54) is 0 Å². The highest BCUT2D eigenvalue weighted by Gasteiger charge is 2.15. The van der Waals surface area contributed by atoms with E-state index in [0.717, 1.165) is 22.7 Å². The number of hydrogen-bond donors (Lipinski definition) is 1. The van der Waals surface area contributed by atoms with Crippen LogP contribution in [0.1, 0.15) is 11.4 Å². The van der Waals surface area contributed by atoms with Crippen LogP contribution in [0.25, 0.3) is 11.4 Å². The third-order valence-corrected chi connectivity index (χ3v) is 4.26. The van der Waals surface area contributed by atoms with Crippen LogP contribution in [0, 0.1) is 0 Å². The Morgan fingerprint density at radius 2 is 1.87 bits per heavy atom. The molecule has 4 rings (SSSR count). The van der Waals surface area contributed by atoms with E-state index in [1.807, 2.05) is 30.3 Å². The number of nitrogens with one attached hydrogen (secondary N) is 1. The van der Waals surface area contributed by atoms with Gasteiger partial charge in [0, 0.05) is 12.0 Å². The van der Waals surface area contributed by atoms with E-state index in [9.17, 15) is 0 Å². The van der Waals surface area contributed by atoms with Gasteiger partial charge in [0.2, 0.25) is 6.79 Å². The van der Waals surface area contributed by atoms with Gasteiger partial charge in [-0.05, 0) is 35.9 Å². The van der Waals surface area contributed by atoms with Crippen molar-refractivity contribution in [1.82, 2.24) is 15.2 Å². The molecule has 7 heteroatoms. The number of nitrogens with zero attached hydrogens (tertiary/aromatic N) is 2. The number of fused-ring (bicyclic) bond motifs is 1. The predicted octanol–water partition coefficient (Wildman–Crippen LogP) is 4.10. The zero-order valence-corrected chi connectivity index (χ0v) is 13.4. The van der Waals surface area contributed by atoms with Crippen molar-refractivity contribution in [3.05, 3.63) is 57.8 Å². The SMILES string of the molecule is Clc1ccc(Cc2nc(-c3ccc4c(c3)OCO4)n[nH]2)cc1Cl. The van der Waals surface area contributed by atoms with Gasteiger partial charge in [-0.25, -0.2) is 4.98 Å². The lowest BCUT2D eigenvalue weighted by Gasteiger charge is -2.00. The van der Waals surface area contributed by atoms with E-state index in [0.29, 0.717) is 28.0 Å². The van der Waals surface area contributed by atoms with Crippen molar-refractivity contribution in [1.29, 1.82) is 0 Å². The quantitative estimate of drug-likeness (QED) is 0.774. The maximum Gasteiger partial charge on any atom is 0.231 e. The fourth-order valence-corrected chi connectivity index (χ4v) is 2.70. The van der Waals surface area contributed by atoms with Crippen LogP contribution >= 0.6 is 23.2 Å². The summed E-state index contributed by atoms with van der Waals surface area (Å²) in [4.78, 5) is 4.51. The lowest BCUT2D eigenvalue weighted by atomic mass is 10.1. The monoisotopic (exact) mass is 347 g/mol. The number of benzene rings is 2. The third kappa shape index (κ3) is 2.85. The molecule has 23 heavy (non-hydrogen) atoms. The van der Waals surface area contributed by atoms with Crippen LogP contribution in [0.3, 0.4) is 0 Å². The maximum absolute atomic E-state index is 6.03. The van der Waals surface area contributed by atoms with Gasteiger partial charge in [-0.1, -0.05) is 29.3 Å². The summed E-state index contributed by atoms with van der Waals surface area (Å²) >= 11 is 12.0. The highest BCUT2D eigenvalue weighted by Crippen LogP contribution is 2.35. The average Bonchev–Trinajstić information content (AvgIpc) is 3.19. The number of rotatable bonds is 3. The van der Waals surface area contributed by atoms with Crippen molar-refractivity contribution in [2.45, 2.75) is 6.42 Å². The van der Waals surface area contributed by atoms with E-state index >= 15 is 0 Å². The third-order valence-electron chi connectivity index (χ3n) is 3.52. The summed E-state index contributed by atoms with van der Waals surface area (Å²) in [5.74, 6) is 2.80. The molecule has 5 nitrogen and oxygen atoms in total. The van der Waals surface area contributed by atoms with Gasteiger partial charge in [0.15, 0.2) is 17.3 Å². The van der Waals surface area contributed by atoms with Crippen molar-refractivity contribution in [2.24, 2.45) is 0 Å². The van der Waals surface area contributed by atoms with Crippen LogP contribution in [0.4, 0.5) is 0 Å². The minimum atomic E-state index is 0.245. The molecule has 0 amide bonds. The molecule has 0 unspecified atom stereocenters. The lowest BCUT2D eigenvalue weighted by molar-refractivity contribution is 0.174. The summed E-state index contributed by atoms with van der Waals surface area (Å²) in [6.45, 7) is 0.245. The molecule has 1 aliphatic heterocycles. The first-order valence-electron chi connectivity index (χ1n) is 6.94. The molecule has 2 aromatic carbocycles. The molecule has 0 saturated carbocycles. The zero-order valence-electron chi connectivity index (χ0n) is 11.8.